The Hall–Kier alpha value is -3.54. The van der Waals surface area contributed by atoms with Crippen molar-refractivity contribution in [3.05, 3.63) is 83.8 Å². The van der Waals surface area contributed by atoms with Crippen LogP contribution in [0.4, 0.5) is 11.4 Å². The topological polar surface area (TPSA) is 83.4 Å². The third-order valence-corrected chi connectivity index (χ3v) is 4.46. The molecule has 0 saturated carbocycles. The zero-order chi connectivity index (χ0) is 20.6. The minimum absolute atomic E-state index is 0.127. The maximum Gasteiger partial charge on any atom is 0.251 e. The molecule has 0 aliphatic carbocycles. The van der Waals surface area contributed by atoms with E-state index >= 15 is 0 Å². The highest BCUT2D eigenvalue weighted by atomic mass is 16.3. The van der Waals surface area contributed by atoms with Crippen LogP contribution >= 0.6 is 0 Å². The Balaban J connectivity index is 1.49. The van der Waals surface area contributed by atoms with Crippen molar-refractivity contribution in [3.63, 3.8) is 0 Å². The highest BCUT2D eigenvalue weighted by Gasteiger charge is 2.10. The molecule has 0 fully saturated rings. The monoisotopic (exact) mass is 391 g/mol. The number of carbonyl (C=O) groups excluding carboxylic acids is 2. The summed E-state index contributed by atoms with van der Waals surface area (Å²) in [7, 11) is 0. The molecule has 29 heavy (non-hydrogen) atoms. The summed E-state index contributed by atoms with van der Waals surface area (Å²) in [6.45, 7) is 4.66. The number of nitrogens with one attached hydrogen (secondary N) is 3. The van der Waals surface area contributed by atoms with Gasteiger partial charge in [-0.1, -0.05) is 32.0 Å². The second-order valence-electron chi connectivity index (χ2n) is 6.98. The summed E-state index contributed by atoms with van der Waals surface area (Å²) in [6, 6.07) is 18.4. The zero-order valence-corrected chi connectivity index (χ0v) is 16.6. The molecular formula is C23H25N3O3. The van der Waals surface area contributed by atoms with Crippen LogP contribution in [-0.4, -0.2) is 18.4 Å². The molecule has 0 aliphatic heterocycles. The number of rotatable bonds is 8. The first-order valence-corrected chi connectivity index (χ1v) is 9.56. The minimum atomic E-state index is -0.184. The van der Waals surface area contributed by atoms with Gasteiger partial charge in [-0.3, -0.25) is 9.59 Å². The quantitative estimate of drug-likeness (QED) is 0.532. The van der Waals surface area contributed by atoms with Gasteiger partial charge in [-0.2, -0.15) is 0 Å². The van der Waals surface area contributed by atoms with E-state index in [1.165, 1.54) is 0 Å². The minimum Gasteiger partial charge on any atom is -0.467 e. The summed E-state index contributed by atoms with van der Waals surface area (Å²) in [6.07, 6.45) is 1.57. The van der Waals surface area contributed by atoms with Crippen LogP contribution in [-0.2, 0) is 11.3 Å². The molecule has 0 atom stereocenters. The van der Waals surface area contributed by atoms with Crippen molar-refractivity contribution in [2.75, 3.05) is 17.2 Å². The van der Waals surface area contributed by atoms with Crippen LogP contribution < -0.4 is 16.0 Å². The van der Waals surface area contributed by atoms with E-state index in [0.29, 0.717) is 23.8 Å². The molecule has 0 saturated heterocycles. The molecule has 0 spiro atoms. The van der Waals surface area contributed by atoms with Crippen molar-refractivity contribution >= 4 is 23.2 Å². The van der Waals surface area contributed by atoms with Crippen LogP contribution in [0.1, 0.15) is 41.4 Å². The highest BCUT2D eigenvalue weighted by molar-refractivity contribution is 5.95. The molecule has 2 aromatic carbocycles. The average molecular weight is 391 g/mol. The molecule has 0 unspecified atom stereocenters. The van der Waals surface area contributed by atoms with Gasteiger partial charge >= 0.3 is 0 Å². The summed E-state index contributed by atoms with van der Waals surface area (Å²) in [4.78, 5) is 24.5. The molecular weight excluding hydrogens is 366 g/mol. The Bertz CT molecular complexity index is 948. The molecule has 1 heterocycles. The molecule has 6 heteroatoms. The van der Waals surface area contributed by atoms with Crippen LogP contribution in [0.5, 0.6) is 0 Å². The first-order chi connectivity index (χ1) is 14.0. The van der Waals surface area contributed by atoms with Crippen LogP contribution in [0.25, 0.3) is 0 Å². The third kappa shape index (κ3) is 5.72. The Morgan fingerprint density at radius 3 is 2.41 bits per heavy atom. The SMILES string of the molecule is CC(C)c1ccccc1NC(=O)CNc1ccc(C(=O)NCc2ccco2)cc1. The average Bonchev–Trinajstić information content (AvgIpc) is 3.25. The lowest BCUT2D eigenvalue weighted by Gasteiger charge is -2.14. The maximum atomic E-state index is 12.3. The molecule has 150 valence electrons. The fraction of sp³-hybridized carbons (Fsp3) is 0.217. The summed E-state index contributed by atoms with van der Waals surface area (Å²) < 4.78 is 5.19. The van der Waals surface area contributed by atoms with Crippen molar-refractivity contribution in [2.24, 2.45) is 0 Å². The fourth-order valence-electron chi connectivity index (χ4n) is 2.91. The van der Waals surface area contributed by atoms with Gasteiger partial charge in [0.2, 0.25) is 5.91 Å². The molecule has 3 aromatic rings. The fourth-order valence-corrected chi connectivity index (χ4v) is 2.91. The Morgan fingerprint density at radius 1 is 0.966 bits per heavy atom. The Morgan fingerprint density at radius 2 is 1.72 bits per heavy atom. The Kier molecular flexibility index (Phi) is 6.68. The van der Waals surface area contributed by atoms with Crippen LogP contribution in [0, 0.1) is 0 Å². The second-order valence-corrected chi connectivity index (χ2v) is 6.98. The lowest BCUT2D eigenvalue weighted by Crippen LogP contribution is -2.23. The lowest BCUT2D eigenvalue weighted by molar-refractivity contribution is -0.114. The van der Waals surface area contributed by atoms with Crippen molar-refractivity contribution in [3.8, 4) is 0 Å². The van der Waals surface area contributed by atoms with Crippen molar-refractivity contribution in [1.82, 2.24) is 5.32 Å². The Labute approximate surface area is 170 Å². The van der Waals surface area contributed by atoms with E-state index in [2.05, 4.69) is 29.8 Å². The van der Waals surface area contributed by atoms with Crippen LogP contribution in [0.3, 0.4) is 0 Å². The standard InChI is InChI=1S/C23H25N3O3/c1-16(2)20-7-3-4-8-21(20)26-22(27)15-24-18-11-9-17(10-12-18)23(28)25-14-19-6-5-13-29-19/h3-13,16,24H,14-15H2,1-2H3,(H,25,28)(H,26,27). The molecule has 6 nitrogen and oxygen atoms in total. The van der Waals surface area contributed by atoms with E-state index in [-0.39, 0.29) is 18.4 Å². The van der Waals surface area contributed by atoms with E-state index in [1.54, 1.807) is 42.7 Å². The number of furan rings is 1. The van der Waals surface area contributed by atoms with Gasteiger partial charge in [0.25, 0.3) is 5.91 Å². The number of hydrogen-bond donors (Lipinski definition) is 3. The van der Waals surface area contributed by atoms with Gasteiger partial charge in [-0.15, -0.1) is 0 Å². The van der Waals surface area contributed by atoms with E-state index in [0.717, 1.165) is 16.9 Å². The van der Waals surface area contributed by atoms with E-state index in [4.69, 9.17) is 4.42 Å². The first kappa shape index (κ1) is 20.2. The number of benzene rings is 2. The summed E-state index contributed by atoms with van der Waals surface area (Å²) in [5.74, 6) is 0.710. The zero-order valence-electron chi connectivity index (χ0n) is 16.6. The van der Waals surface area contributed by atoms with Crippen molar-refractivity contribution in [2.45, 2.75) is 26.3 Å². The number of carbonyl (C=O) groups is 2. The van der Waals surface area contributed by atoms with Gasteiger partial charge in [-0.25, -0.2) is 0 Å². The van der Waals surface area contributed by atoms with Gasteiger partial charge in [0.1, 0.15) is 5.76 Å². The number of anilines is 2. The molecule has 3 N–H and O–H groups in total. The van der Waals surface area contributed by atoms with Gasteiger partial charge in [0.15, 0.2) is 0 Å². The number of para-hydroxylation sites is 1. The van der Waals surface area contributed by atoms with Crippen molar-refractivity contribution in [1.29, 1.82) is 0 Å². The molecule has 2 amide bonds. The molecule has 0 bridgehead atoms. The molecule has 0 aliphatic rings. The predicted octanol–water partition coefficient (Wildman–Crippen LogP) is 4.38. The normalized spacial score (nSPS) is 10.6. The van der Waals surface area contributed by atoms with Gasteiger partial charge in [0, 0.05) is 16.9 Å². The van der Waals surface area contributed by atoms with Gasteiger partial charge in [-0.05, 0) is 53.9 Å². The summed E-state index contributed by atoms with van der Waals surface area (Å²) >= 11 is 0. The third-order valence-electron chi connectivity index (χ3n) is 4.46. The number of hydrogen-bond acceptors (Lipinski definition) is 4. The maximum absolute atomic E-state index is 12.3. The van der Waals surface area contributed by atoms with Gasteiger partial charge in [0.05, 0.1) is 19.4 Å². The smallest absolute Gasteiger partial charge is 0.251 e. The van der Waals surface area contributed by atoms with Crippen LogP contribution in [0.2, 0.25) is 0 Å². The number of amides is 2. The lowest BCUT2D eigenvalue weighted by atomic mass is 10.0. The van der Waals surface area contributed by atoms with E-state index in [1.807, 2.05) is 24.3 Å². The van der Waals surface area contributed by atoms with Gasteiger partial charge < -0.3 is 20.4 Å². The van der Waals surface area contributed by atoms with E-state index < -0.39 is 0 Å². The summed E-state index contributed by atoms with van der Waals surface area (Å²) in [5.41, 5.74) is 3.24. The largest absolute Gasteiger partial charge is 0.467 e. The highest BCUT2D eigenvalue weighted by Crippen LogP contribution is 2.23. The molecule has 1 aromatic heterocycles. The molecule has 0 radical (unpaired) electrons. The predicted molar refractivity (Wildman–Crippen MR) is 114 cm³/mol. The molecule has 3 rings (SSSR count). The summed E-state index contributed by atoms with van der Waals surface area (Å²) in [5, 5.41) is 8.82. The first-order valence-electron chi connectivity index (χ1n) is 9.56. The second kappa shape index (κ2) is 9.59. The van der Waals surface area contributed by atoms with Crippen molar-refractivity contribution < 1.29 is 14.0 Å². The van der Waals surface area contributed by atoms with Crippen LogP contribution in [0.15, 0.2) is 71.3 Å². The van der Waals surface area contributed by atoms with E-state index in [9.17, 15) is 9.59 Å².